The van der Waals surface area contributed by atoms with E-state index < -0.39 is 36.4 Å². The lowest BCUT2D eigenvalue weighted by Crippen LogP contribution is -2.64. The second-order valence-corrected chi connectivity index (χ2v) is 6.21. The summed E-state index contributed by atoms with van der Waals surface area (Å²) in [5.41, 5.74) is 3.05. The Bertz CT molecular complexity index is 626. The van der Waals surface area contributed by atoms with Crippen molar-refractivity contribution in [2.75, 3.05) is 6.54 Å². The summed E-state index contributed by atoms with van der Waals surface area (Å²) in [6.45, 7) is 2.48. The van der Waals surface area contributed by atoms with Crippen LogP contribution in [-0.2, 0) is 20.9 Å². The van der Waals surface area contributed by atoms with Gasteiger partial charge in [-0.25, -0.2) is 13.6 Å². The molecule has 4 N–H and O–H groups in total. The topological polar surface area (TPSA) is 111 Å². The van der Waals surface area contributed by atoms with Gasteiger partial charge in [-0.1, -0.05) is 44.2 Å². The molecule has 0 spiro atoms. The monoisotopic (exact) mass is 371 g/mol. The first kappa shape index (κ1) is 21.3. The van der Waals surface area contributed by atoms with Crippen molar-refractivity contribution < 1.29 is 27.9 Å². The summed E-state index contributed by atoms with van der Waals surface area (Å²) in [4.78, 5) is 35.1. The first-order valence-corrected chi connectivity index (χ1v) is 8.01. The lowest BCUT2D eigenvalue weighted by molar-refractivity contribution is -0.136. The fraction of sp³-hybridized carbons (Fsp3) is 0.471. The lowest BCUT2D eigenvalue weighted by atomic mass is 9.88. The van der Waals surface area contributed by atoms with Gasteiger partial charge in [-0.15, -0.1) is 0 Å². The van der Waals surface area contributed by atoms with E-state index in [0.717, 1.165) is 0 Å². The van der Waals surface area contributed by atoms with Gasteiger partial charge in [0.1, 0.15) is 6.61 Å². The summed E-state index contributed by atoms with van der Waals surface area (Å²) in [6, 6.07) is 8.63. The number of alkyl halides is 2. The van der Waals surface area contributed by atoms with E-state index in [9.17, 15) is 23.2 Å². The Balaban J connectivity index is 2.89. The Labute approximate surface area is 150 Å². The zero-order valence-corrected chi connectivity index (χ0v) is 14.6. The van der Waals surface area contributed by atoms with E-state index >= 15 is 0 Å². The largest absolute Gasteiger partial charge is 0.445 e. The smallest absolute Gasteiger partial charge is 0.408 e. The molecular formula is C17H23F2N3O4. The van der Waals surface area contributed by atoms with Crippen LogP contribution in [0.2, 0.25) is 0 Å². The second-order valence-electron chi connectivity index (χ2n) is 6.21. The molecule has 0 aromatic heterocycles. The fourth-order valence-electron chi connectivity index (χ4n) is 2.35. The Kier molecular flexibility index (Phi) is 7.95. The van der Waals surface area contributed by atoms with E-state index in [0.29, 0.717) is 5.56 Å². The molecule has 1 rings (SSSR count). The molecule has 9 heteroatoms. The minimum Gasteiger partial charge on any atom is -0.445 e. The summed E-state index contributed by atoms with van der Waals surface area (Å²) < 4.78 is 32.5. The fourth-order valence-corrected chi connectivity index (χ4v) is 2.35. The maximum absolute atomic E-state index is 13.8. The van der Waals surface area contributed by atoms with E-state index in [-0.39, 0.29) is 18.9 Å². The van der Waals surface area contributed by atoms with Crippen molar-refractivity contribution in [2.45, 2.75) is 38.8 Å². The summed E-state index contributed by atoms with van der Waals surface area (Å²) in [5.74, 6) is -2.44. The van der Waals surface area contributed by atoms with Gasteiger partial charge in [0.15, 0.2) is 5.54 Å². The number of carbonyl (C=O) groups is 3. The standard InChI is InChI=1S/C17H23F2N3O4/c1-11(2)8-17(14(18)19,15(24)21-9-13(20)23)22-16(25)26-10-12-6-4-3-5-7-12/h3-7,11,14H,8-10H2,1-2H3,(H2,20,23)(H,21,24)(H,22,25). The summed E-state index contributed by atoms with van der Waals surface area (Å²) >= 11 is 0. The normalized spacial score (nSPS) is 13.2. The first-order valence-electron chi connectivity index (χ1n) is 8.01. The van der Waals surface area contributed by atoms with E-state index in [1.54, 1.807) is 44.2 Å². The van der Waals surface area contributed by atoms with Gasteiger partial charge in [-0.2, -0.15) is 0 Å². The number of primary amides is 1. The number of carbonyl (C=O) groups excluding carboxylic acids is 3. The maximum Gasteiger partial charge on any atom is 0.408 e. The molecule has 3 amide bonds. The molecule has 0 aliphatic carbocycles. The highest BCUT2D eigenvalue weighted by Gasteiger charge is 2.49. The number of alkyl carbamates (subject to hydrolysis) is 1. The molecule has 0 bridgehead atoms. The number of hydrogen-bond donors (Lipinski definition) is 3. The van der Waals surface area contributed by atoms with Crippen LogP contribution < -0.4 is 16.4 Å². The van der Waals surface area contributed by atoms with Crippen LogP contribution in [0.1, 0.15) is 25.8 Å². The van der Waals surface area contributed by atoms with E-state index in [1.165, 1.54) is 0 Å². The van der Waals surface area contributed by atoms with Gasteiger partial charge in [0.25, 0.3) is 12.3 Å². The van der Waals surface area contributed by atoms with Crippen molar-refractivity contribution in [1.29, 1.82) is 0 Å². The van der Waals surface area contributed by atoms with E-state index in [2.05, 4.69) is 0 Å². The maximum atomic E-state index is 13.8. The van der Waals surface area contributed by atoms with Crippen LogP contribution in [0.25, 0.3) is 0 Å². The minimum absolute atomic E-state index is 0.142. The number of ether oxygens (including phenoxy) is 1. The van der Waals surface area contributed by atoms with Crippen LogP contribution in [-0.4, -0.2) is 36.4 Å². The van der Waals surface area contributed by atoms with Crippen LogP contribution in [0.4, 0.5) is 13.6 Å². The second kappa shape index (κ2) is 9.69. The zero-order valence-electron chi connectivity index (χ0n) is 14.6. The molecule has 1 atom stereocenters. The molecule has 0 saturated carbocycles. The van der Waals surface area contributed by atoms with Gasteiger partial charge < -0.3 is 21.1 Å². The molecule has 1 aromatic rings. The predicted molar refractivity (Wildman–Crippen MR) is 90.2 cm³/mol. The Morgan fingerprint density at radius 1 is 1.19 bits per heavy atom. The highest BCUT2D eigenvalue weighted by atomic mass is 19.3. The van der Waals surface area contributed by atoms with Crippen molar-refractivity contribution in [3.8, 4) is 0 Å². The van der Waals surface area contributed by atoms with Crippen molar-refractivity contribution in [2.24, 2.45) is 11.7 Å². The van der Waals surface area contributed by atoms with Gasteiger partial charge in [0.05, 0.1) is 6.54 Å². The van der Waals surface area contributed by atoms with Gasteiger partial charge in [0.2, 0.25) is 5.91 Å². The van der Waals surface area contributed by atoms with Crippen LogP contribution in [0.5, 0.6) is 0 Å². The molecule has 1 unspecified atom stereocenters. The van der Waals surface area contributed by atoms with Gasteiger partial charge in [-0.3, -0.25) is 9.59 Å². The predicted octanol–water partition coefficient (Wildman–Crippen LogP) is 1.56. The highest BCUT2D eigenvalue weighted by molar-refractivity contribution is 5.93. The number of amides is 3. The molecule has 0 aliphatic rings. The quantitative estimate of drug-likeness (QED) is 0.612. The molecule has 0 aliphatic heterocycles. The van der Waals surface area contributed by atoms with Gasteiger partial charge >= 0.3 is 6.09 Å². The summed E-state index contributed by atoms with van der Waals surface area (Å²) in [5, 5.41) is 4.00. The zero-order chi connectivity index (χ0) is 19.7. The molecule has 0 heterocycles. The first-order chi connectivity index (χ1) is 12.2. The average molecular weight is 371 g/mol. The molecule has 0 fully saturated rings. The molecular weight excluding hydrogens is 348 g/mol. The summed E-state index contributed by atoms with van der Waals surface area (Å²) in [6.07, 6.45) is -4.73. The van der Waals surface area contributed by atoms with Crippen LogP contribution in [0.15, 0.2) is 30.3 Å². The van der Waals surface area contributed by atoms with Crippen molar-refractivity contribution in [3.05, 3.63) is 35.9 Å². The SMILES string of the molecule is CC(C)CC(NC(=O)OCc1ccccc1)(C(=O)NCC(N)=O)C(F)F. The molecule has 1 aromatic carbocycles. The Hall–Kier alpha value is -2.71. The van der Waals surface area contributed by atoms with Crippen molar-refractivity contribution in [1.82, 2.24) is 10.6 Å². The number of halogens is 2. The van der Waals surface area contributed by atoms with Crippen molar-refractivity contribution >= 4 is 17.9 Å². The number of rotatable bonds is 9. The summed E-state index contributed by atoms with van der Waals surface area (Å²) in [7, 11) is 0. The van der Waals surface area contributed by atoms with Crippen molar-refractivity contribution in [3.63, 3.8) is 0 Å². The number of hydrogen-bond acceptors (Lipinski definition) is 4. The molecule has 0 saturated heterocycles. The number of benzene rings is 1. The average Bonchev–Trinajstić information content (AvgIpc) is 2.57. The van der Waals surface area contributed by atoms with E-state index in [4.69, 9.17) is 10.5 Å². The minimum atomic E-state index is -3.22. The Morgan fingerprint density at radius 2 is 1.81 bits per heavy atom. The van der Waals surface area contributed by atoms with Crippen LogP contribution in [0, 0.1) is 5.92 Å². The number of nitrogens with two attached hydrogens (primary N) is 1. The third kappa shape index (κ3) is 6.30. The van der Waals surface area contributed by atoms with Gasteiger partial charge in [0, 0.05) is 0 Å². The molecule has 26 heavy (non-hydrogen) atoms. The number of nitrogens with one attached hydrogen (secondary N) is 2. The van der Waals surface area contributed by atoms with Gasteiger partial charge in [-0.05, 0) is 17.9 Å². The Morgan fingerprint density at radius 3 is 2.31 bits per heavy atom. The van der Waals surface area contributed by atoms with E-state index in [1.807, 2.05) is 10.6 Å². The van der Waals surface area contributed by atoms with Crippen LogP contribution in [0.3, 0.4) is 0 Å². The van der Waals surface area contributed by atoms with Crippen LogP contribution >= 0.6 is 0 Å². The lowest BCUT2D eigenvalue weighted by Gasteiger charge is -2.33. The highest BCUT2D eigenvalue weighted by Crippen LogP contribution is 2.25. The molecule has 144 valence electrons. The molecule has 0 radical (unpaired) electrons. The third-order valence-corrected chi connectivity index (χ3v) is 3.47. The molecule has 7 nitrogen and oxygen atoms in total. The third-order valence-electron chi connectivity index (χ3n) is 3.47.